The van der Waals surface area contributed by atoms with Gasteiger partial charge in [-0.2, -0.15) is 5.26 Å². The van der Waals surface area contributed by atoms with Gasteiger partial charge in [-0.25, -0.2) is 13.2 Å². The number of hydrogen-bond acceptors (Lipinski definition) is 7. The first-order chi connectivity index (χ1) is 10.8. The minimum Gasteiger partial charge on any atom is -0.462 e. The molecule has 1 aliphatic rings. The number of esters is 1. The summed E-state index contributed by atoms with van der Waals surface area (Å²) in [5.74, 6) is -1.81. The molecule has 2 heterocycles. The monoisotopic (exact) mass is 356 g/mol. The van der Waals surface area contributed by atoms with E-state index in [0.29, 0.717) is 5.56 Å². The number of nitriles is 1. The van der Waals surface area contributed by atoms with Gasteiger partial charge in [0.15, 0.2) is 9.84 Å². The molecule has 1 fully saturated rings. The highest BCUT2D eigenvalue weighted by Crippen LogP contribution is 2.34. The van der Waals surface area contributed by atoms with Gasteiger partial charge in [-0.3, -0.25) is 4.79 Å². The smallest absolute Gasteiger partial charge is 0.348 e. The van der Waals surface area contributed by atoms with E-state index < -0.39 is 27.6 Å². The molecule has 0 bridgehead atoms. The van der Waals surface area contributed by atoms with E-state index >= 15 is 0 Å². The van der Waals surface area contributed by atoms with Crippen molar-refractivity contribution in [2.45, 2.75) is 20.3 Å². The summed E-state index contributed by atoms with van der Waals surface area (Å²) in [5.41, 5.74) is 0.651. The van der Waals surface area contributed by atoms with Crippen LogP contribution in [0.3, 0.4) is 0 Å². The van der Waals surface area contributed by atoms with Crippen LogP contribution in [-0.2, 0) is 19.4 Å². The molecule has 1 atom stereocenters. The van der Waals surface area contributed by atoms with Gasteiger partial charge in [0, 0.05) is 0 Å². The molecule has 0 radical (unpaired) electrons. The largest absolute Gasteiger partial charge is 0.462 e. The van der Waals surface area contributed by atoms with Crippen molar-refractivity contribution >= 4 is 38.1 Å². The predicted octanol–water partition coefficient (Wildman–Crippen LogP) is 1.48. The number of nitrogens with zero attached hydrogens (tertiary/aromatic N) is 1. The number of nitrogens with one attached hydrogen (secondary N) is 1. The first kappa shape index (κ1) is 17.4. The van der Waals surface area contributed by atoms with Crippen molar-refractivity contribution in [3.05, 3.63) is 16.0 Å². The molecule has 1 unspecified atom stereocenters. The maximum absolute atomic E-state index is 12.2. The van der Waals surface area contributed by atoms with Gasteiger partial charge in [-0.15, -0.1) is 11.3 Å². The molecule has 0 aromatic carbocycles. The van der Waals surface area contributed by atoms with Gasteiger partial charge in [-0.05, 0) is 25.8 Å². The Morgan fingerprint density at radius 1 is 1.48 bits per heavy atom. The average Bonchev–Trinajstić information content (AvgIpc) is 2.99. The third-order valence-corrected chi connectivity index (χ3v) is 6.51. The van der Waals surface area contributed by atoms with E-state index in [1.807, 2.05) is 6.07 Å². The lowest BCUT2D eigenvalue weighted by molar-refractivity contribution is -0.119. The Kier molecular flexibility index (Phi) is 5.06. The molecular formula is C14H16N2O5S2. The number of hydrogen-bond donors (Lipinski definition) is 1. The van der Waals surface area contributed by atoms with Crippen LogP contribution < -0.4 is 5.32 Å². The van der Waals surface area contributed by atoms with E-state index in [1.165, 1.54) is 0 Å². The van der Waals surface area contributed by atoms with Crippen molar-refractivity contribution in [1.82, 2.24) is 0 Å². The van der Waals surface area contributed by atoms with Crippen LogP contribution in [0.15, 0.2) is 0 Å². The van der Waals surface area contributed by atoms with Gasteiger partial charge in [0.2, 0.25) is 5.91 Å². The fourth-order valence-electron chi connectivity index (χ4n) is 2.34. The summed E-state index contributed by atoms with van der Waals surface area (Å²) in [7, 11) is -3.17. The number of sulfone groups is 1. The lowest BCUT2D eigenvalue weighted by Gasteiger charge is -2.07. The maximum Gasteiger partial charge on any atom is 0.348 e. The van der Waals surface area contributed by atoms with Gasteiger partial charge in [0.25, 0.3) is 0 Å². The second kappa shape index (κ2) is 6.68. The van der Waals surface area contributed by atoms with Crippen LogP contribution in [0.2, 0.25) is 0 Å². The van der Waals surface area contributed by atoms with Crippen molar-refractivity contribution in [3.8, 4) is 6.07 Å². The van der Waals surface area contributed by atoms with Crippen LogP contribution in [-0.4, -0.2) is 38.4 Å². The number of amides is 1. The van der Waals surface area contributed by atoms with E-state index in [9.17, 15) is 23.3 Å². The molecule has 1 saturated heterocycles. The third kappa shape index (κ3) is 3.71. The summed E-state index contributed by atoms with van der Waals surface area (Å²) >= 11 is 0.967. The van der Waals surface area contributed by atoms with E-state index in [1.54, 1.807) is 13.8 Å². The Morgan fingerprint density at radius 3 is 2.70 bits per heavy atom. The molecule has 124 valence electrons. The molecule has 0 aliphatic carbocycles. The predicted molar refractivity (Wildman–Crippen MR) is 85.1 cm³/mol. The van der Waals surface area contributed by atoms with Crippen LogP contribution in [0.5, 0.6) is 0 Å². The summed E-state index contributed by atoms with van der Waals surface area (Å²) in [6.45, 7) is 3.49. The van der Waals surface area contributed by atoms with E-state index in [0.717, 1.165) is 11.3 Å². The molecule has 1 amide bonds. The van der Waals surface area contributed by atoms with Gasteiger partial charge >= 0.3 is 5.97 Å². The topological polar surface area (TPSA) is 113 Å². The second-order valence-corrected chi connectivity index (χ2v) is 8.43. The molecule has 1 aliphatic heterocycles. The molecular weight excluding hydrogens is 340 g/mol. The molecule has 23 heavy (non-hydrogen) atoms. The number of ether oxygens (including phenoxy) is 1. The quantitative estimate of drug-likeness (QED) is 0.818. The Hall–Kier alpha value is -1.92. The fourth-order valence-corrected chi connectivity index (χ4v) is 5.14. The Labute approximate surface area is 138 Å². The molecule has 1 N–H and O–H groups in total. The molecule has 7 nitrogen and oxygen atoms in total. The molecule has 0 spiro atoms. The summed E-state index contributed by atoms with van der Waals surface area (Å²) in [5, 5.41) is 12.1. The zero-order valence-electron chi connectivity index (χ0n) is 12.7. The molecule has 1 aromatic rings. The van der Waals surface area contributed by atoms with Crippen LogP contribution in [0.25, 0.3) is 0 Å². The standard InChI is InChI=1S/C14H16N2O5S2/c1-3-21-14(18)11-8(2)10(6-15)13(22-11)16-12(17)9-4-5-23(19,20)7-9/h9H,3-5,7H2,1-2H3,(H,16,17). The summed E-state index contributed by atoms with van der Waals surface area (Å²) in [6.07, 6.45) is 0.269. The highest BCUT2D eigenvalue weighted by Gasteiger charge is 2.34. The van der Waals surface area contributed by atoms with Gasteiger partial charge in [-0.1, -0.05) is 0 Å². The Bertz CT molecular complexity index is 789. The van der Waals surface area contributed by atoms with Crippen LogP contribution in [0.1, 0.15) is 34.1 Å². The normalized spacial score (nSPS) is 19.1. The van der Waals surface area contributed by atoms with Gasteiger partial charge in [0.05, 0.1) is 29.6 Å². The van der Waals surface area contributed by atoms with Crippen molar-refractivity contribution in [3.63, 3.8) is 0 Å². The van der Waals surface area contributed by atoms with E-state index in [2.05, 4.69) is 5.32 Å². The second-order valence-electron chi connectivity index (χ2n) is 5.18. The van der Waals surface area contributed by atoms with Crippen molar-refractivity contribution in [2.24, 2.45) is 5.92 Å². The summed E-state index contributed by atoms with van der Waals surface area (Å²) in [4.78, 5) is 24.3. The number of rotatable bonds is 4. The van der Waals surface area contributed by atoms with Crippen molar-refractivity contribution in [1.29, 1.82) is 5.26 Å². The third-order valence-electron chi connectivity index (χ3n) is 3.56. The van der Waals surface area contributed by atoms with Gasteiger partial charge < -0.3 is 10.1 Å². The number of anilines is 1. The van der Waals surface area contributed by atoms with Crippen LogP contribution in [0, 0.1) is 24.2 Å². The highest BCUT2D eigenvalue weighted by molar-refractivity contribution is 7.91. The number of thiophene rings is 1. The molecule has 9 heteroatoms. The SMILES string of the molecule is CCOC(=O)c1sc(NC(=O)C2CCS(=O)(=O)C2)c(C#N)c1C. The Balaban J connectivity index is 2.23. The van der Waals surface area contributed by atoms with Gasteiger partial charge in [0.1, 0.15) is 15.9 Å². The van der Waals surface area contributed by atoms with Crippen LogP contribution >= 0.6 is 11.3 Å². The minimum atomic E-state index is -3.17. The number of carbonyl (C=O) groups is 2. The average molecular weight is 356 g/mol. The van der Waals surface area contributed by atoms with Crippen molar-refractivity contribution in [2.75, 3.05) is 23.4 Å². The molecule has 2 rings (SSSR count). The number of carbonyl (C=O) groups excluding carboxylic acids is 2. The fraction of sp³-hybridized carbons (Fsp3) is 0.500. The lowest BCUT2D eigenvalue weighted by Crippen LogP contribution is -2.23. The summed E-state index contributed by atoms with van der Waals surface area (Å²) in [6, 6.07) is 1.96. The minimum absolute atomic E-state index is 0.00621. The zero-order valence-corrected chi connectivity index (χ0v) is 14.3. The van der Waals surface area contributed by atoms with E-state index in [-0.39, 0.29) is 40.0 Å². The first-order valence-electron chi connectivity index (χ1n) is 7.01. The van der Waals surface area contributed by atoms with E-state index in [4.69, 9.17) is 4.74 Å². The zero-order chi connectivity index (χ0) is 17.2. The highest BCUT2D eigenvalue weighted by atomic mass is 32.2. The molecule has 1 aromatic heterocycles. The van der Waals surface area contributed by atoms with Crippen LogP contribution in [0.4, 0.5) is 5.00 Å². The van der Waals surface area contributed by atoms with Crippen molar-refractivity contribution < 1.29 is 22.7 Å². The first-order valence-corrected chi connectivity index (χ1v) is 9.64. The molecule has 0 saturated carbocycles. The lowest BCUT2D eigenvalue weighted by atomic mass is 10.1. The maximum atomic E-state index is 12.2. The Morgan fingerprint density at radius 2 is 2.17 bits per heavy atom. The summed E-state index contributed by atoms with van der Waals surface area (Å²) < 4.78 is 27.8.